The number of allylic oxidation sites excluding steroid dienone is 2. The molecule has 0 fully saturated rings. The van der Waals surface area contributed by atoms with Crippen LogP contribution in [0.15, 0.2) is 48.1 Å². The Morgan fingerprint density at radius 1 is 1.39 bits per heavy atom. The van der Waals surface area contributed by atoms with Crippen LogP contribution in [0.25, 0.3) is 0 Å². The van der Waals surface area contributed by atoms with Crippen molar-refractivity contribution in [2.75, 3.05) is 0 Å². The summed E-state index contributed by atoms with van der Waals surface area (Å²) in [4.78, 5) is 12.7. The first-order chi connectivity index (χ1) is 8.45. The van der Waals surface area contributed by atoms with Gasteiger partial charge in [0.15, 0.2) is 5.78 Å². The number of Topliss-reactive ketones (excluding diaryl/α,β-unsaturated/α-hetero) is 1. The normalized spacial score (nSPS) is 26.9. The van der Waals surface area contributed by atoms with Crippen LogP contribution < -0.4 is 5.73 Å². The van der Waals surface area contributed by atoms with Crippen LogP contribution in [0.3, 0.4) is 0 Å². The molecule has 2 atom stereocenters. The monoisotopic (exact) mass is 261 g/mol. The van der Waals surface area contributed by atoms with E-state index in [4.69, 9.17) is 17.3 Å². The Bertz CT molecular complexity index is 547. The lowest BCUT2D eigenvalue weighted by Crippen LogP contribution is -2.44. The molecule has 2 unspecified atom stereocenters. The van der Waals surface area contributed by atoms with E-state index in [1.54, 1.807) is 12.1 Å². The van der Waals surface area contributed by atoms with Gasteiger partial charge in [-0.25, -0.2) is 0 Å². The van der Waals surface area contributed by atoms with Crippen LogP contribution in [-0.4, -0.2) is 11.8 Å². The number of benzene rings is 1. The van der Waals surface area contributed by atoms with Crippen molar-refractivity contribution in [3.63, 3.8) is 0 Å². The van der Waals surface area contributed by atoms with Crippen LogP contribution >= 0.6 is 11.6 Å². The molecule has 18 heavy (non-hydrogen) atoms. The Balaban J connectivity index is 2.46. The zero-order valence-corrected chi connectivity index (χ0v) is 11.2. The van der Waals surface area contributed by atoms with E-state index >= 15 is 0 Å². The number of carbonyl (C=O) groups excluding carboxylic acids is 1. The molecule has 2 nitrogen and oxygen atoms in total. The van der Waals surface area contributed by atoms with Gasteiger partial charge in [-0.3, -0.25) is 4.79 Å². The third-order valence-corrected chi connectivity index (χ3v) is 3.72. The first-order valence-electron chi connectivity index (χ1n) is 5.88. The molecule has 0 bridgehead atoms. The average Bonchev–Trinajstić information content (AvgIpc) is 2.34. The van der Waals surface area contributed by atoms with E-state index in [-0.39, 0.29) is 11.8 Å². The van der Waals surface area contributed by atoms with Gasteiger partial charge in [0.05, 0.1) is 10.4 Å². The second kappa shape index (κ2) is 4.71. The maximum atomic E-state index is 12.7. The minimum Gasteiger partial charge on any atom is -0.323 e. The predicted molar refractivity (Wildman–Crippen MR) is 74.8 cm³/mol. The Hall–Kier alpha value is -1.38. The Labute approximate surface area is 112 Å². The summed E-state index contributed by atoms with van der Waals surface area (Å²) in [5.74, 6) is -0.0377. The summed E-state index contributed by atoms with van der Waals surface area (Å²) >= 11 is 6.08. The number of carbonyl (C=O) groups is 1. The number of rotatable bonds is 2. The molecule has 0 spiro atoms. The van der Waals surface area contributed by atoms with Crippen LogP contribution in [0.5, 0.6) is 0 Å². The van der Waals surface area contributed by atoms with Crippen molar-refractivity contribution in [3.8, 4) is 0 Å². The first-order valence-corrected chi connectivity index (χ1v) is 6.25. The Morgan fingerprint density at radius 3 is 2.72 bits per heavy atom. The van der Waals surface area contributed by atoms with Crippen molar-refractivity contribution in [2.45, 2.75) is 19.9 Å². The van der Waals surface area contributed by atoms with E-state index in [1.807, 2.05) is 44.2 Å². The highest BCUT2D eigenvalue weighted by atomic mass is 35.5. The van der Waals surface area contributed by atoms with E-state index < -0.39 is 5.41 Å². The van der Waals surface area contributed by atoms with Crippen molar-refractivity contribution in [1.29, 1.82) is 0 Å². The van der Waals surface area contributed by atoms with Gasteiger partial charge in [0.1, 0.15) is 0 Å². The van der Waals surface area contributed by atoms with Crippen molar-refractivity contribution in [1.82, 2.24) is 0 Å². The summed E-state index contributed by atoms with van der Waals surface area (Å²) in [6, 6.07) is 6.75. The lowest BCUT2D eigenvalue weighted by Gasteiger charge is -2.32. The molecule has 3 heteroatoms. The van der Waals surface area contributed by atoms with Gasteiger partial charge < -0.3 is 5.73 Å². The molecular formula is C15H16ClNO. The van der Waals surface area contributed by atoms with Gasteiger partial charge in [-0.1, -0.05) is 47.5 Å². The second-order valence-electron chi connectivity index (χ2n) is 4.86. The van der Waals surface area contributed by atoms with Gasteiger partial charge in [0, 0.05) is 11.6 Å². The first kappa shape index (κ1) is 13.1. The SMILES string of the molecule is CC1=CC(C)(C(=O)c2ccccc2Cl)C(N)C=C1. The summed E-state index contributed by atoms with van der Waals surface area (Å²) in [5.41, 5.74) is 6.90. The molecule has 2 N–H and O–H groups in total. The van der Waals surface area contributed by atoms with Crippen LogP contribution in [0.1, 0.15) is 24.2 Å². The maximum Gasteiger partial charge on any atom is 0.175 e. The Kier molecular flexibility index (Phi) is 3.42. The standard InChI is InChI=1S/C15H16ClNO/c1-10-7-8-13(17)15(2,9-10)14(18)11-5-3-4-6-12(11)16/h3-9,13H,17H2,1-2H3. The molecule has 1 aromatic carbocycles. The van der Waals surface area contributed by atoms with Gasteiger partial charge in [0.25, 0.3) is 0 Å². The highest BCUT2D eigenvalue weighted by Crippen LogP contribution is 2.34. The van der Waals surface area contributed by atoms with E-state index in [9.17, 15) is 4.79 Å². The van der Waals surface area contributed by atoms with Crippen molar-refractivity contribution in [2.24, 2.45) is 11.1 Å². The lowest BCUT2D eigenvalue weighted by atomic mass is 9.72. The predicted octanol–water partition coefficient (Wildman–Crippen LogP) is 3.37. The molecule has 2 rings (SSSR count). The number of hydrogen-bond donors (Lipinski definition) is 1. The largest absolute Gasteiger partial charge is 0.323 e. The van der Waals surface area contributed by atoms with Gasteiger partial charge in [0.2, 0.25) is 0 Å². The van der Waals surface area contributed by atoms with E-state index in [1.165, 1.54) is 0 Å². The summed E-state index contributed by atoms with van der Waals surface area (Å²) in [5, 5.41) is 0.469. The number of nitrogens with two attached hydrogens (primary N) is 1. The van der Waals surface area contributed by atoms with Gasteiger partial charge in [-0.05, 0) is 26.0 Å². The summed E-state index contributed by atoms with van der Waals surface area (Å²) < 4.78 is 0. The molecule has 0 radical (unpaired) electrons. The van der Waals surface area contributed by atoms with Crippen molar-refractivity contribution >= 4 is 17.4 Å². The maximum absolute atomic E-state index is 12.7. The van der Waals surface area contributed by atoms with E-state index in [0.717, 1.165) is 5.57 Å². The third-order valence-electron chi connectivity index (χ3n) is 3.39. The molecule has 1 aromatic rings. The molecular weight excluding hydrogens is 246 g/mol. The molecule has 0 aliphatic heterocycles. The second-order valence-corrected chi connectivity index (χ2v) is 5.27. The van der Waals surface area contributed by atoms with Gasteiger partial charge in [-0.15, -0.1) is 0 Å². The van der Waals surface area contributed by atoms with Crippen LogP contribution in [-0.2, 0) is 0 Å². The molecule has 0 amide bonds. The minimum atomic E-state index is -0.732. The molecule has 0 saturated heterocycles. The summed E-state index contributed by atoms with van der Waals surface area (Å²) in [6.07, 6.45) is 5.72. The van der Waals surface area contributed by atoms with Crippen LogP contribution in [0.4, 0.5) is 0 Å². The molecule has 94 valence electrons. The molecule has 0 aromatic heterocycles. The Morgan fingerprint density at radius 2 is 2.06 bits per heavy atom. The number of halogens is 1. The molecule has 0 heterocycles. The smallest absolute Gasteiger partial charge is 0.175 e. The molecule has 1 aliphatic carbocycles. The zero-order chi connectivity index (χ0) is 13.3. The number of ketones is 1. The minimum absolute atomic E-state index is 0.0377. The molecule has 0 saturated carbocycles. The average molecular weight is 262 g/mol. The highest BCUT2D eigenvalue weighted by molar-refractivity contribution is 6.34. The van der Waals surface area contributed by atoms with Crippen LogP contribution in [0.2, 0.25) is 5.02 Å². The van der Waals surface area contributed by atoms with Gasteiger partial charge >= 0.3 is 0 Å². The van der Waals surface area contributed by atoms with Gasteiger partial charge in [-0.2, -0.15) is 0 Å². The number of hydrogen-bond acceptors (Lipinski definition) is 2. The topological polar surface area (TPSA) is 43.1 Å². The van der Waals surface area contributed by atoms with E-state index in [0.29, 0.717) is 10.6 Å². The quantitative estimate of drug-likeness (QED) is 0.830. The summed E-state index contributed by atoms with van der Waals surface area (Å²) in [7, 11) is 0. The summed E-state index contributed by atoms with van der Waals surface area (Å²) in [6.45, 7) is 3.82. The molecule has 1 aliphatic rings. The van der Waals surface area contributed by atoms with Crippen molar-refractivity contribution < 1.29 is 4.79 Å². The van der Waals surface area contributed by atoms with Crippen LogP contribution in [0, 0.1) is 5.41 Å². The van der Waals surface area contributed by atoms with E-state index in [2.05, 4.69) is 0 Å². The fraction of sp³-hybridized carbons (Fsp3) is 0.267. The third kappa shape index (κ3) is 2.14. The lowest BCUT2D eigenvalue weighted by molar-refractivity contribution is 0.0854. The zero-order valence-electron chi connectivity index (χ0n) is 10.5. The fourth-order valence-corrected chi connectivity index (χ4v) is 2.45. The highest BCUT2D eigenvalue weighted by Gasteiger charge is 2.38. The van der Waals surface area contributed by atoms with Crippen molar-refractivity contribution in [3.05, 3.63) is 58.7 Å². The fourth-order valence-electron chi connectivity index (χ4n) is 2.23.